The number of rotatable bonds is 2. The average molecular weight is 268 g/mol. The Hall–Kier alpha value is -2.82. The van der Waals surface area contributed by atoms with Gasteiger partial charge in [-0.1, -0.05) is 12.1 Å². The maximum Gasteiger partial charge on any atom is 0.313 e. The van der Waals surface area contributed by atoms with E-state index in [4.69, 9.17) is 4.74 Å². The molecule has 0 bridgehead atoms. The summed E-state index contributed by atoms with van der Waals surface area (Å²) in [6.45, 7) is 0. The van der Waals surface area contributed by atoms with Gasteiger partial charge >= 0.3 is 5.56 Å². The second kappa shape index (κ2) is 4.70. The second-order valence-corrected chi connectivity index (χ2v) is 4.44. The van der Waals surface area contributed by atoms with Crippen LogP contribution in [-0.4, -0.2) is 14.7 Å². The van der Waals surface area contributed by atoms with Crippen molar-refractivity contribution in [2.24, 2.45) is 7.05 Å². The number of hydrogen-bond donors (Lipinski definition) is 1. The number of phenolic OH excluding ortho intramolecular Hbond substituents is 1. The molecule has 1 aromatic heterocycles. The minimum absolute atomic E-state index is 0.0227. The second-order valence-electron chi connectivity index (χ2n) is 4.44. The van der Waals surface area contributed by atoms with Gasteiger partial charge in [0.05, 0.1) is 0 Å². The molecule has 0 unspecified atom stereocenters. The molecule has 3 rings (SSSR count). The standard InChI is InChI=1S/C15H12N2O3/c1-17-7-6-16-14(15(17)19)20-13-5-3-10-2-4-12(18)8-11(10)9-13/h2-9,18H,1H3. The van der Waals surface area contributed by atoms with Crippen LogP contribution in [0.2, 0.25) is 0 Å². The molecule has 0 aliphatic rings. The van der Waals surface area contributed by atoms with Crippen molar-refractivity contribution in [2.75, 3.05) is 0 Å². The first-order valence-electron chi connectivity index (χ1n) is 6.06. The molecule has 0 amide bonds. The van der Waals surface area contributed by atoms with Crippen LogP contribution in [0.25, 0.3) is 10.8 Å². The predicted molar refractivity (Wildman–Crippen MR) is 75.2 cm³/mol. The largest absolute Gasteiger partial charge is 0.508 e. The van der Waals surface area contributed by atoms with E-state index in [0.29, 0.717) is 5.75 Å². The number of nitrogens with zero attached hydrogens (tertiary/aromatic N) is 2. The fraction of sp³-hybridized carbons (Fsp3) is 0.0667. The summed E-state index contributed by atoms with van der Waals surface area (Å²) in [4.78, 5) is 15.8. The summed E-state index contributed by atoms with van der Waals surface area (Å²) in [6.07, 6.45) is 3.07. The van der Waals surface area contributed by atoms with Crippen LogP contribution >= 0.6 is 0 Å². The number of aromatic nitrogens is 2. The third-order valence-electron chi connectivity index (χ3n) is 3.00. The highest BCUT2D eigenvalue weighted by atomic mass is 16.5. The van der Waals surface area contributed by atoms with Gasteiger partial charge in [-0.25, -0.2) is 4.98 Å². The molecule has 0 fully saturated rings. The van der Waals surface area contributed by atoms with Crippen molar-refractivity contribution in [2.45, 2.75) is 0 Å². The third kappa shape index (κ3) is 2.21. The molecule has 5 nitrogen and oxygen atoms in total. The van der Waals surface area contributed by atoms with Gasteiger partial charge in [0.15, 0.2) is 0 Å². The topological polar surface area (TPSA) is 64.3 Å². The van der Waals surface area contributed by atoms with Crippen LogP contribution in [0.15, 0.2) is 53.6 Å². The Morgan fingerprint density at radius 1 is 1.15 bits per heavy atom. The lowest BCUT2D eigenvalue weighted by atomic mass is 10.1. The molecule has 0 aliphatic heterocycles. The fourth-order valence-electron chi connectivity index (χ4n) is 1.93. The monoisotopic (exact) mass is 268 g/mol. The SMILES string of the molecule is Cn1ccnc(Oc2ccc3ccc(O)cc3c2)c1=O. The van der Waals surface area contributed by atoms with E-state index in [0.717, 1.165) is 10.8 Å². The van der Waals surface area contributed by atoms with E-state index < -0.39 is 0 Å². The van der Waals surface area contributed by atoms with Crippen molar-refractivity contribution in [3.63, 3.8) is 0 Å². The molecule has 1 N–H and O–H groups in total. The van der Waals surface area contributed by atoms with Gasteiger partial charge in [0.2, 0.25) is 0 Å². The number of ether oxygens (including phenoxy) is 1. The molecule has 20 heavy (non-hydrogen) atoms. The molecule has 5 heteroatoms. The lowest BCUT2D eigenvalue weighted by Gasteiger charge is -2.06. The van der Waals surface area contributed by atoms with Crippen LogP contribution in [0.4, 0.5) is 0 Å². The third-order valence-corrected chi connectivity index (χ3v) is 3.00. The lowest BCUT2D eigenvalue weighted by molar-refractivity contribution is 0.449. The van der Waals surface area contributed by atoms with Crippen molar-refractivity contribution in [1.29, 1.82) is 0 Å². The summed E-state index contributed by atoms with van der Waals surface area (Å²) in [7, 11) is 1.63. The maximum absolute atomic E-state index is 11.8. The minimum atomic E-state index is -0.302. The molecule has 0 saturated heterocycles. The normalized spacial score (nSPS) is 10.7. The highest BCUT2D eigenvalue weighted by Crippen LogP contribution is 2.26. The number of hydrogen-bond acceptors (Lipinski definition) is 4. The Morgan fingerprint density at radius 2 is 1.95 bits per heavy atom. The van der Waals surface area contributed by atoms with Crippen LogP contribution in [0, 0.1) is 0 Å². The van der Waals surface area contributed by atoms with Gasteiger partial charge in [-0.15, -0.1) is 0 Å². The first-order valence-corrected chi connectivity index (χ1v) is 6.06. The smallest absolute Gasteiger partial charge is 0.313 e. The summed E-state index contributed by atoms with van der Waals surface area (Å²) < 4.78 is 6.91. The first kappa shape index (κ1) is 12.2. The lowest BCUT2D eigenvalue weighted by Crippen LogP contribution is -2.18. The van der Waals surface area contributed by atoms with Crippen LogP contribution < -0.4 is 10.3 Å². The first-order chi connectivity index (χ1) is 9.63. The molecular formula is C15H12N2O3. The Labute approximate surface area is 114 Å². The molecule has 0 aliphatic carbocycles. The molecule has 1 heterocycles. The van der Waals surface area contributed by atoms with E-state index in [1.165, 1.54) is 10.8 Å². The summed E-state index contributed by atoms with van der Waals surface area (Å²) in [5.74, 6) is 0.705. The van der Waals surface area contributed by atoms with Gasteiger partial charge in [-0.3, -0.25) is 4.79 Å². The quantitative estimate of drug-likeness (QED) is 0.775. The van der Waals surface area contributed by atoms with Gasteiger partial charge in [-0.05, 0) is 35.0 Å². The van der Waals surface area contributed by atoms with Crippen molar-refractivity contribution in [3.05, 3.63) is 59.1 Å². The predicted octanol–water partition coefficient (Wildman–Crippen LogP) is 2.43. The van der Waals surface area contributed by atoms with Crippen LogP contribution in [0.5, 0.6) is 17.4 Å². The van der Waals surface area contributed by atoms with E-state index in [2.05, 4.69) is 4.98 Å². The number of benzene rings is 2. The summed E-state index contributed by atoms with van der Waals surface area (Å²) in [6, 6.07) is 10.4. The van der Waals surface area contributed by atoms with Crippen LogP contribution in [0.3, 0.4) is 0 Å². The number of aryl methyl sites for hydroxylation is 1. The minimum Gasteiger partial charge on any atom is -0.508 e. The molecular weight excluding hydrogens is 256 g/mol. The molecule has 0 atom stereocenters. The molecule has 0 saturated carbocycles. The zero-order chi connectivity index (χ0) is 14.1. The number of phenols is 1. The molecule has 0 radical (unpaired) electrons. The Balaban J connectivity index is 2.02. The zero-order valence-corrected chi connectivity index (χ0v) is 10.8. The highest BCUT2D eigenvalue weighted by Gasteiger charge is 2.06. The zero-order valence-electron chi connectivity index (χ0n) is 10.8. The van der Waals surface area contributed by atoms with E-state index >= 15 is 0 Å². The van der Waals surface area contributed by atoms with Crippen molar-refractivity contribution >= 4 is 10.8 Å². The Morgan fingerprint density at radius 3 is 2.80 bits per heavy atom. The number of fused-ring (bicyclic) bond motifs is 1. The van der Waals surface area contributed by atoms with Crippen LogP contribution in [-0.2, 0) is 7.05 Å². The Bertz CT molecular complexity index is 840. The Kier molecular flexibility index (Phi) is 2.87. The van der Waals surface area contributed by atoms with Crippen molar-refractivity contribution in [1.82, 2.24) is 9.55 Å². The summed E-state index contributed by atoms with van der Waals surface area (Å²) >= 11 is 0. The van der Waals surface area contributed by atoms with Crippen molar-refractivity contribution < 1.29 is 9.84 Å². The molecule has 100 valence electrons. The van der Waals surface area contributed by atoms with E-state index in [1.807, 2.05) is 12.1 Å². The van der Waals surface area contributed by atoms with Gasteiger partial charge < -0.3 is 14.4 Å². The van der Waals surface area contributed by atoms with E-state index in [1.54, 1.807) is 37.5 Å². The van der Waals surface area contributed by atoms with Gasteiger partial charge in [0, 0.05) is 19.4 Å². The maximum atomic E-state index is 11.8. The highest BCUT2D eigenvalue weighted by molar-refractivity contribution is 5.85. The molecule has 0 spiro atoms. The van der Waals surface area contributed by atoms with Crippen LogP contribution in [0.1, 0.15) is 0 Å². The fourth-order valence-corrected chi connectivity index (χ4v) is 1.93. The molecule has 2 aromatic carbocycles. The van der Waals surface area contributed by atoms with E-state index in [9.17, 15) is 9.90 Å². The summed E-state index contributed by atoms with van der Waals surface area (Å²) in [5, 5.41) is 11.3. The van der Waals surface area contributed by atoms with Gasteiger partial charge in [-0.2, -0.15) is 0 Å². The van der Waals surface area contributed by atoms with E-state index in [-0.39, 0.29) is 17.2 Å². The summed E-state index contributed by atoms with van der Waals surface area (Å²) in [5.41, 5.74) is -0.302. The number of aromatic hydroxyl groups is 1. The van der Waals surface area contributed by atoms with Gasteiger partial charge in [0.25, 0.3) is 5.88 Å². The van der Waals surface area contributed by atoms with Gasteiger partial charge in [0.1, 0.15) is 11.5 Å². The van der Waals surface area contributed by atoms with Crippen molar-refractivity contribution in [3.8, 4) is 17.4 Å². The molecule has 3 aromatic rings. The average Bonchev–Trinajstić information content (AvgIpc) is 2.43.